The van der Waals surface area contributed by atoms with E-state index in [0.717, 1.165) is 11.3 Å². The molecule has 0 aliphatic rings. The number of nitrogens with zero attached hydrogens (tertiary/aromatic N) is 1. The smallest absolute Gasteiger partial charge is 0.136 e. The second-order valence-electron chi connectivity index (χ2n) is 2.10. The normalized spacial score (nSPS) is 9.30. The van der Waals surface area contributed by atoms with Crippen molar-refractivity contribution in [1.29, 1.82) is 0 Å². The van der Waals surface area contributed by atoms with E-state index in [1.165, 1.54) is 6.20 Å². The van der Waals surface area contributed by atoms with Crippen LogP contribution < -0.4 is 0 Å². The highest BCUT2D eigenvalue weighted by Crippen LogP contribution is 2.14. The average molecular weight is 135 g/mol. The molecule has 1 aromatic rings. The van der Waals surface area contributed by atoms with Crippen LogP contribution in [0.25, 0.3) is 6.08 Å². The van der Waals surface area contributed by atoms with E-state index in [2.05, 4.69) is 11.6 Å². The molecule has 0 aliphatic heterocycles. The van der Waals surface area contributed by atoms with Crippen molar-refractivity contribution >= 4 is 6.08 Å². The van der Waals surface area contributed by atoms with Crippen LogP contribution in [0, 0.1) is 6.92 Å². The molecule has 0 spiro atoms. The molecule has 0 bridgehead atoms. The van der Waals surface area contributed by atoms with Crippen LogP contribution in [0.15, 0.2) is 18.8 Å². The van der Waals surface area contributed by atoms with E-state index in [1.807, 2.05) is 6.92 Å². The summed E-state index contributed by atoms with van der Waals surface area (Å²) in [5.74, 6) is 0.227. The molecular formula is C8H9NO. The van der Waals surface area contributed by atoms with E-state index >= 15 is 0 Å². The second-order valence-corrected chi connectivity index (χ2v) is 2.10. The molecule has 1 rings (SSSR count). The minimum atomic E-state index is 0.227. The van der Waals surface area contributed by atoms with Gasteiger partial charge in [0.1, 0.15) is 5.75 Å². The maximum atomic E-state index is 9.04. The van der Waals surface area contributed by atoms with Gasteiger partial charge in [-0.1, -0.05) is 6.58 Å². The summed E-state index contributed by atoms with van der Waals surface area (Å²) >= 11 is 0. The lowest BCUT2D eigenvalue weighted by molar-refractivity contribution is 0.468. The van der Waals surface area contributed by atoms with Crippen molar-refractivity contribution in [3.63, 3.8) is 0 Å². The van der Waals surface area contributed by atoms with Crippen molar-refractivity contribution in [1.82, 2.24) is 4.98 Å². The third-order valence-electron chi connectivity index (χ3n) is 1.31. The van der Waals surface area contributed by atoms with Crippen LogP contribution >= 0.6 is 0 Å². The Hall–Kier alpha value is -1.31. The molecule has 1 N–H and O–H groups in total. The molecule has 0 amide bonds. The topological polar surface area (TPSA) is 33.1 Å². The second kappa shape index (κ2) is 2.52. The van der Waals surface area contributed by atoms with E-state index in [0.29, 0.717) is 0 Å². The Kier molecular flexibility index (Phi) is 1.71. The Morgan fingerprint density at radius 2 is 2.40 bits per heavy atom. The predicted molar refractivity (Wildman–Crippen MR) is 40.7 cm³/mol. The van der Waals surface area contributed by atoms with Crippen LogP contribution in [0.5, 0.6) is 5.75 Å². The molecule has 0 aliphatic carbocycles. The van der Waals surface area contributed by atoms with Crippen LogP contribution in [-0.4, -0.2) is 10.1 Å². The lowest BCUT2D eigenvalue weighted by Crippen LogP contribution is -1.81. The van der Waals surface area contributed by atoms with Crippen LogP contribution in [-0.2, 0) is 0 Å². The van der Waals surface area contributed by atoms with Gasteiger partial charge < -0.3 is 5.11 Å². The minimum Gasteiger partial charge on any atom is -0.506 e. The van der Waals surface area contributed by atoms with E-state index in [1.54, 1.807) is 12.1 Å². The Bertz CT molecular complexity index is 255. The molecule has 0 saturated carbocycles. The van der Waals surface area contributed by atoms with Gasteiger partial charge in [-0.05, 0) is 24.6 Å². The summed E-state index contributed by atoms with van der Waals surface area (Å²) in [6, 6.07) is 1.78. The zero-order chi connectivity index (χ0) is 7.56. The fourth-order valence-corrected chi connectivity index (χ4v) is 0.682. The van der Waals surface area contributed by atoms with Gasteiger partial charge in [-0.3, -0.25) is 4.98 Å². The number of aromatic nitrogens is 1. The van der Waals surface area contributed by atoms with Crippen molar-refractivity contribution in [2.75, 3.05) is 0 Å². The van der Waals surface area contributed by atoms with Gasteiger partial charge in [0, 0.05) is 0 Å². The Balaban J connectivity index is 3.16. The summed E-state index contributed by atoms with van der Waals surface area (Å²) in [5.41, 5.74) is 1.61. The Labute approximate surface area is 59.9 Å². The zero-order valence-corrected chi connectivity index (χ0v) is 5.83. The summed E-state index contributed by atoms with van der Waals surface area (Å²) in [6.45, 7) is 5.38. The molecule has 52 valence electrons. The fourth-order valence-electron chi connectivity index (χ4n) is 0.682. The molecular weight excluding hydrogens is 126 g/mol. The molecule has 1 aromatic heterocycles. The first-order valence-corrected chi connectivity index (χ1v) is 3.02. The molecule has 10 heavy (non-hydrogen) atoms. The summed E-state index contributed by atoms with van der Waals surface area (Å²) in [6.07, 6.45) is 3.07. The van der Waals surface area contributed by atoms with Crippen molar-refractivity contribution < 1.29 is 5.11 Å². The van der Waals surface area contributed by atoms with Gasteiger partial charge in [0.2, 0.25) is 0 Å². The summed E-state index contributed by atoms with van der Waals surface area (Å²) < 4.78 is 0. The van der Waals surface area contributed by atoms with Gasteiger partial charge in [-0.25, -0.2) is 0 Å². The number of hydrogen-bond donors (Lipinski definition) is 1. The zero-order valence-electron chi connectivity index (χ0n) is 5.83. The highest BCUT2D eigenvalue weighted by Gasteiger charge is 1.94. The quantitative estimate of drug-likeness (QED) is 0.636. The van der Waals surface area contributed by atoms with Crippen molar-refractivity contribution in [3.05, 3.63) is 30.1 Å². The van der Waals surface area contributed by atoms with Crippen LogP contribution in [0.1, 0.15) is 11.3 Å². The largest absolute Gasteiger partial charge is 0.506 e. The average Bonchev–Trinajstić information content (AvgIpc) is 1.95. The minimum absolute atomic E-state index is 0.227. The van der Waals surface area contributed by atoms with Crippen molar-refractivity contribution in [2.24, 2.45) is 0 Å². The molecule has 2 heteroatoms. The number of aromatic hydroxyl groups is 1. The first-order chi connectivity index (χ1) is 4.74. The Morgan fingerprint density at radius 1 is 1.70 bits per heavy atom. The lowest BCUT2D eigenvalue weighted by Gasteiger charge is -1.97. The van der Waals surface area contributed by atoms with Gasteiger partial charge in [0.05, 0.1) is 11.9 Å². The van der Waals surface area contributed by atoms with Gasteiger partial charge in [-0.2, -0.15) is 0 Å². The third-order valence-corrected chi connectivity index (χ3v) is 1.31. The highest BCUT2D eigenvalue weighted by molar-refractivity contribution is 5.45. The maximum absolute atomic E-state index is 9.04. The maximum Gasteiger partial charge on any atom is 0.136 e. The molecule has 0 fully saturated rings. The van der Waals surface area contributed by atoms with Gasteiger partial charge >= 0.3 is 0 Å². The van der Waals surface area contributed by atoms with Crippen LogP contribution in [0.3, 0.4) is 0 Å². The third kappa shape index (κ3) is 1.16. The molecule has 0 radical (unpaired) electrons. The molecule has 0 atom stereocenters. The molecule has 0 saturated heterocycles. The molecule has 0 unspecified atom stereocenters. The van der Waals surface area contributed by atoms with E-state index < -0.39 is 0 Å². The van der Waals surface area contributed by atoms with Crippen molar-refractivity contribution in [2.45, 2.75) is 6.92 Å². The summed E-state index contributed by atoms with van der Waals surface area (Å²) in [5, 5.41) is 9.04. The van der Waals surface area contributed by atoms with Gasteiger partial charge in [0.15, 0.2) is 0 Å². The standard InChI is InChI=1S/C8H9NO/c1-3-7-4-6(2)8(10)5-9-7/h3-5,10H,1H2,2H3. The molecule has 1 heterocycles. The Morgan fingerprint density at radius 3 is 2.90 bits per heavy atom. The number of aryl methyl sites for hydroxylation is 1. The summed E-state index contributed by atoms with van der Waals surface area (Å²) in [4.78, 5) is 3.89. The first kappa shape index (κ1) is 6.81. The number of pyridine rings is 1. The first-order valence-electron chi connectivity index (χ1n) is 3.02. The highest BCUT2D eigenvalue weighted by atomic mass is 16.3. The SMILES string of the molecule is C=Cc1cc(C)c(O)cn1. The summed E-state index contributed by atoms with van der Waals surface area (Å²) in [7, 11) is 0. The fraction of sp³-hybridized carbons (Fsp3) is 0.125. The van der Waals surface area contributed by atoms with E-state index in [9.17, 15) is 0 Å². The molecule has 0 aromatic carbocycles. The monoisotopic (exact) mass is 135 g/mol. The van der Waals surface area contributed by atoms with Gasteiger partial charge in [0.25, 0.3) is 0 Å². The van der Waals surface area contributed by atoms with E-state index in [4.69, 9.17) is 5.11 Å². The number of rotatable bonds is 1. The molecule has 2 nitrogen and oxygen atoms in total. The lowest BCUT2D eigenvalue weighted by atomic mass is 10.2. The van der Waals surface area contributed by atoms with E-state index in [-0.39, 0.29) is 5.75 Å². The van der Waals surface area contributed by atoms with Crippen molar-refractivity contribution in [3.8, 4) is 5.75 Å². The van der Waals surface area contributed by atoms with Crippen LogP contribution in [0.4, 0.5) is 0 Å². The van der Waals surface area contributed by atoms with Crippen LogP contribution in [0.2, 0.25) is 0 Å². The predicted octanol–water partition coefficient (Wildman–Crippen LogP) is 1.74. The van der Waals surface area contributed by atoms with Gasteiger partial charge in [-0.15, -0.1) is 0 Å². The number of hydrogen-bond acceptors (Lipinski definition) is 2.